The topological polar surface area (TPSA) is 83.1 Å². The van der Waals surface area contributed by atoms with E-state index in [9.17, 15) is 9.59 Å². The van der Waals surface area contributed by atoms with Crippen molar-refractivity contribution in [2.45, 2.75) is 13.8 Å². The van der Waals surface area contributed by atoms with Crippen LogP contribution >= 0.6 is 0 Å². The number of rotatable bonds is 7. The summed E-state index contributed by atoms with van der Waals surface area (Å²) in [7, 11) is 4.45. The molecule has 7 nitrogen and oxygen atoms in total. The molecule has 0 bridgehead atoms. The first-order valence-corrected chi connectivity index (χ1v) is 6.69. The number of anilines is 1. The fourth-order valence-electron chi connectivity index (χ4n) is 1.65. The zero-order chi connectivity index (χ0) is 16.7. The minimum atomic E-state index is -0.455. The van der Waals surface area contributed by atoms with Gasteiger partial charge in [-0.3, -0.25) is 9.59 Å². The summed E-state index contributed by atoms with van der Waals surface area (Å²) < 4.78 is 20.4. The third-order valence-corrected chi connectivity index (χ3v) is 2.77. The third-order valence-electron chi connectivity index (χ3n) is 2.77. The number of hydrogen-bond acceptors (Lipinski definition) is 6. The van der Waals surface area contributed by atoms with E-state index in [-0.39, 0.29) is 12.5 Å². The van der Waals surface area contributed by atoms with Gasteiger partial charge in [0.15, 0.2) is 18.1 Å². The summed E-state index contributed by atoms with van der Waals surface area (Å²) in [6.07, 6.45) is 0. The van der Waals surface area contributed by atoms with E-state index in [0.717, 1.165) is 0 Å². The lowest BCUT2D eigenvalue weighted by Gasteiger charge is -2.14. The van der Waals surface area contributed by atoms with E-state index in [0.29, 0.717) is 22.9 Å². The lowest BCUT2D eigenvalue weighted by molar-refractivity contribution is -0.150. The lowest BCUT2D eigenvalue weighted by Crippen LogP contribution is -2.22. The van der Waals surface area contributed by atoms with Crippen molar-refractivity contribution < 1.29 is 28.5 Å². The molecule has 0 radical (unpaired) electrons. The second kappa shape index (κ2) is 8.11. The molecule has 0 saturated carbocycles. The molecule has 0 aromatic heterocycles. The molecule has 0 heterocycles. The summed E-state index contributed by atoms with van der Waals surface area (Å²) in [6.45, 7) is 3.03. The van der Waals surface area contributed by atoms with Gasteiger partial charge in [0.2, 0.25) is 5.75 Å². The van der Waals surface area contributed by atoms with E-state index in [1.165, 1.54) is 21.3 Å². The van der Waals surface area contributed by atoms with Gasteiger partial charge in [0, 0.05) is 17.8 Å². The van der Waals surface area contributed by atoms with E-state index >= 15 is 0 Å². The van der Waals surface area contributed by atoms with Crippen molar-refractivity contribution in [3.63, 3.8) is 0 Å². The Hall–Kier alpha value is -2.44. The minimum absolute atomic E-state index is 0.283. The molecule has 0 aliphatic heterocycles. The molecule has 0 unspecified atom stereocenters. The van der Waals surface area contributed by atoms with Gasteiger partial charge in [0.25, 0.3) is 5.91 Å². The monoisotopic (exact) mass is 311 g/mol. The molecule has 0 saturated heterocycles. The maximum absolute atomic E-state index is 11.8. The molecule has 1 amide bonds. The zero-order valence-electron chi connectivity index (χ0n) is 13.4. The minimum Gasteiger partial charge on any atom is -0.493 e. The van der Waals surface area contributed by atoms with Gasteiger partial charge in [-0.25, -0.2) is 0 Å². The Morgan fingerprint density at radius 3 is 2.00 bits per heavy atom. The van der Waals surface area contributed by atoms with Crippen LogP contribution in [0.5, 0.6) is 17.2 Å². The van der Waals surface area contributed by atoms with Gasteiger partial charge >= 0.3 is 5.97 Å². The molecule has 0 spiro atoms. The van der Waals surface area contributed by atoms with Crippen molar-refractivity contribution in [3.8, 4) is 17.2 Å². The van der Waals surface area contributed by atoms with Crippen molar-refractivity contribution in [1.82, 2.24) is 0 Å². The number of carbonyl (C=O) groups excluding carboxylic acids is 2. The van der Waals surface area contributed by atoms with Gasteiger partial charge in [-0.1, -0.05) is 13.8 Å². The largest absolute Gasteiger partial charge is 0.493 e. The summed E-state index contributed by atoms with van der Waals surface area (Å²) >= 11 is 0. The van der Waals surface area contributed by atoms with Crippen molar-refractivity contribution in [1.29, 1.82) is 0 Å². The van der Waals surface area contributed by atoms with E-state index in [4.69, 9.17) is 18.9 Å². The standard InChI is InChI=1S/C15H21NO6/c1-9(2)15(18)22-8-13(17)16-10-6-11(19-3)14(21-5)12(7-10)20-4/h6-7,9H,8H2,1-5H3,(H,16,17). The number of carbonyl (C=O) groups is 2. The molecule has 7 heteroatoms. The average molecular weight is 311 g/mol. The lowest BCUT2D eigenvalue weighted by atomic mass is 10.2. The Bertz CT molecular complexity index is 516. The zero-order valence-corrected chi connectivity index (χ0v) is 13.4. The molecule has 1 aromatic carbocycles. The highest BCUT2D eigenvalue weighted by molar-refractivity contribution is 5.93. The van der Waals surface area contributed by atoms with Crippen molar-refractivity contribution in [2.75, 3.05) is 33.3 Å². The van der Waals surface area contributed by atoms with Gasteiger partial charge in [-0.2, -0.15) is 0 Å². The van der Waals surface area contributed by atoms with Crippen LogP contribution in [0, 0.1) is 5.92 Å². The van der Waals surface area contributed by atoms with Crippen molar-refractivity contribution in [3.05, 3.63) is 12.1 Å². The van der Waals surface area contributed by atoms with Crippen LogP contribution in [0.4, 0.5) is 5.69 Å². The molecular weight excluding hydrogens is 290 g/mol. The van der Waals surface area contributed by atoms with E-state index in [1.807, 2.05) is 0 Å². The molecule has 0 fully saturated rings. The molecule has 1 rings (SSSR count). The highest BCUT2D eigenvalue weighted by Crippen LogP contribution is 2.39. The summed E-state index contributed by atoms with van der Waals surface area (Å²) in [6, 6.07) is 3.17. The summed E-state index contributed by atoms with van der Waals surface area (Å²) in [4.78, 5) is 23.1. The Labute approximate surface area is 129 Å². The maximum Gasteiger partial charge on any atom is 0.308 e. The Balaban J connectivity index is 2.81. The van der Waals surface area contributed by atoms with Gasteiger partial charge in [0.1, 0.15) is 0 Å². The SMILES string of the molecule is COc1cc(NC(=O)COC(=O)C(C)C)cc(OC)c1OC. The Kier molecular flexibility index (Phi) is 6.49. The maximum atomic E-state index is 11.8. The molecule has 1 aromatic rings. The predicted octanol–water partition coefficient (Wildman–Crippen LogP) is 1.85. The fraction of sp³-hybridized carbons (Fsp3) is 0.467. The van der Waals surface area contributed by atoms with Crippen LogP contribution in [0.25, 0.3) is 0 Å². The number of ether oxygens (including phenoxy) is 4. The van der Waals surface area contributed by atoms with Crippen molar-refractivity contribution >= 4 is 17.6 Å². The first-order valence-electron chi connectivity index (χ1n) is 6.69. The van der Waals surface area contributed by atoms with Crippen LogP contribution in [0.1, 0.15) is 13.8 Å². The highest BCUT2D eigenvalue weighted by Gasteiger charge is 2.15. The first-order chi connectivity index (χ1) is 10.4. The van der Waals surface area contributed by atoms with Crippen molar-refractivity contribution in [2.24, 2.45) is 5.92 Å². The molecule has 122 valence electrons. The van der Waals surface area contributed by atoms with Crippen LogP contribution in [0.3, 0.4) is 0 Å². The van der Waals surface area contributed by atoms with E-state index < -0.39 is 11.9 Å². The second-order valence-corrected chi connectivity index (χ2v) is 4.72. The Morgan fingerprint density at radius 2 is 1.59 bits per heavy atom. The number of esters is 1. The quantitative estimate of drug-likeness (QED) is 0.774. The summed E-state index contributed by atoms with van der Waals surface area (Å²) in [5, 5.41) is 2.61. The normalized spacial score (nSPS) is 10.1. The van der Waals surface area contributed by atoms with Crippen LogP contribution in [0.15, 0.2) is 12.1 Å². The van der Waals surface area contributed by atoms with Crippen LogP contribution in [-0.4, -0.2) is 39.8 Å². The Morgan fingerprint density at radius 1 is 1.05 bits per heavy atom. The number of methoxy groups -OCH3 is 3. The average Bonchev–Trinajstić information content (AvgIpc) is 2.51. The third kappa shape index (κ3) is 4.54. The smallest absolute Gasteiger partial charge is 0.308 e. The molecular formula is C15H21NO6. The van der Waals surface area contributed by atoms with E-state index in [2.05, 4.69) is 5.32 Å². The molecule has 0 aliphatic carbocycles. The van der Waals surface area contributed by atoms with Crippen LogP contribution in [-0.2, 0) is 14.3 Å². The highest BCUT2D eigenvalue weighted by atomic mass is 16.5. The van der Waals surface area contributed by atoms with Gasteiger partial charge < -0.3 is 24.3 Å². The molecule has 0 aliphatic rings. The summed E-state index contributed by atoms with van der Waals surface area (Å²) in [5.74, 6) is 0.0826. The first kappa shape index (κ1) is 17.6. The molecule has 0 atom stereocenters. The number of hydrogen-bond donors (Lipinski definition) is 1. The van der Waals surface area contributed by atoms with Gasteiger partial charge in [-0.15, -0.1) is 0 Å². The van der Waals surface area contributed by atoms with Crippen LogP contribution < -0.4 is 19.5 Å². The molecule has 1 N–H and O–H groups in total. The van der Waals surface area contributed by atoms with Crippen LogP contribution in [0.2, 0.25) is 0 Å². The van der Waals surface area contributed by atoms with E-state index in [1.54, 1.807) is 26.0 Å². The predicted molar refractivity (Wildman–Crippen MR) is 80.5 cm³/mol. The van der Waals surface area contributed by atoms with Gasteiger partial charge in [-0.05, 0) is 0 Å². The fourth-order valence-corrected chi connectivity index (χ4v) is 1.65. The number of benzene rings is 1. The number of amides is 1. The number of nitrogens with one attached hydrogen (secondary N) is 1. The second-order valence-electron chi connectivity index (χ2n) is 4.72. The molecule has 22 heavy (non-hydrogen) atoms. The van der Waals surface area contributed by atoms with Gasteiger partial charge in [0.05, 0.1) is 27.2 Å². The summed E-state index contributed by atoms with van der Waals surface area (Å²) in [5.41, 5.74) is 0.445.